The lowest BCUT2D eigenvalue weighted by molar-refractivity contribution is 0.244. The number of nitrogens with zero attached hydrogens (tertiary/aromatic N) is 1. The average molecular weight is 301 g/mol. The molecule has 0 aliphatic rings. The molecule has 0 heterocycles. The van der Waals surface area contributed by atoms with E-state index in [1.807, 2.05) is 49.3 Å². The van der Waals surface area contributed by atoms with Crippen molar-refractivity contribution in [2.24, 2.45) is 0 Å². The monoisotopic (exact) mass is 301 g/mol. The number of anilines is 1. The van der Waals surface area contributed by atoms with E-state index in [0.29, 0.717) is 6.54 Å². The number of rotatable bonds is 5. The van der Waals surface area contributed by atoms with E-state index in [4.69, 9.17) is 0 Å². The summed E-state index contributed by atoms with van der Waals surface area (Å²) in [5.74, 6) is -0.457. The molecule has 116 valence electrons. The Labute approximate surface area is 129 Å². The molecule has 2 amide bonds. The van der Waals surface area contributed by atoms with Gasteiger partial charge >= 0.3 is 6.03 Å². The SMILES string of the molecule is CN(C)CC(NC(=O)Nc1ccccc1F)c1ccccc1. The van der Waals surface area contributed by atoms with E-state index in [1.54, 1.807) is 12.1 Å². The third-order valence-electron chi connectivity index (χ3n) is 3.18. The van der Waals surface area contributed by atoms with Crippen LogP contribution in [0.1, 0.15) is 11.6 Å². The fraction of sp³-hybridized carbons (Fsp3) is 0.235. The number of likely N-dealkylation sites (N-methyl/N-ethyl adjacent to an activating group) is 1. The molecule has 0 fully saturated rings. The summed E-state index contributed by atoms with van der Waals surface area (Å²) >= 11 is 0. The molecule has 0 aromatic heterocycles. The van der Waals surface area contributed by atoms with Gasteiger partial charge in [0.2, 0.25) is 0 Å². The van der Waals surface area contributed by atoms with Gasteiger partial charge < -0.3 is 15.5 Å². The second-order valence-electron chi connectivity index (χ2n) is 5.30. The Morgan fingerprint density at radius 1 is 1.09 bits per heavy atom. The molecule has 1 unspecified atom stereocenters. The highest BCUT2D eigenvalue weighted by molar-refractivity contribution is 5.89. The van der Waals surface area contributed by atoms with Crippen molar-refractivity contribution in [2.45, 2.75) is 6.04 Å². The number of carbonyl (C=O) groups excluding carboxylic acids is 1. The fourth-order valence-electron chi connectivity index (χ4n) is 2.16. The second-order valence-corrected chi connectivity index (χ2v) is 5.30. The summed E-state index contributed by atoms with van der Waals surface area (Å²) < 4.78 is 13.6. The van der Waals surface area contributed by atoms with Crippen LogP contribution in [-0.4, -0.2) is 31.6 Å². The van der Waals surface area contributed by atoms with Gasteiger partial charge in [0.1, 0.15) is 5.82 Å². The van der Waals surface area contributed by atoms with E-state index in [2.05, 4.69) is 10.6 Å². The van der Waals surface area contributed by atoms with Crippen LogP contribution in [0.25, 0.3) is 0 Å². The van der Waals surface area contributed by atoms with Crippen LogP contribution in [0.5, 0.6) is 0 Å². The summed E-state index contributed by atoms with van der Waals surface area (Å²) in [5.41, 5.74) is 1.16. The largest absolute Gasteiger partial charge is 0.330 e. The molecule has 2 aromatic rings. The van der Waals surface area contributed by atoms with Crippen LogP contribution in [0.4, 0.5) is 14.9 Å². The van der Waals surface area contributed by atoms with Gasteiger partial charge in [-0.3, -0.25) is 0 Å². The van der Waals surface area contributed by atoms with E-state index in [9.17, 15) is 9.18 Å². The van der Waals surface area contributed by atoms with Crippen molar-refractivity contribution >= 4 is 11.7 Å². The molecule has 0 aliphatic carbocycles. The molecule has 2 aromatic carbocycles. The molecule has 5 heteroatoms. The van der Waals surface area contributed by atoms with E-state index in [-0.39, 0.29) is 11.7 Å². The highest BCUT2D eigenvalue weighted by atomic mass is 19.1. The number of para-hydroxylation sites is 1. The Morgan fingerprint density at radius 2 is 1.73 bits per heavy atom. The molecule has 2 rings (SSSR count). The van der Waals surface area contributed by atoms with E-state index in [0.717, 1.165) is 5.56 Å². The van der Waals surface area contributed by atoms with Gasteiger partial charge in [-0.05, 0) is 31.8 Å². The molecular weight excluding hydrogens is 281 g/mol. The van der Waals surface area contributed by atoms with Crippen LogP contribution in [0, 0.1) is 5.82 Å². The van der Waals surface area contributed by atoms with Crippen LogP contribution in [0.15, 0.2) is 54.6 Å². The minimum Gasteiger partial charge on any atom is -0.330 e. The molecule has 0 bridgehead atoms. The summed E-state index contributed by atoms with van der Waals surface area (Å²) in [7, 11) is 3.87. The number of halogens is 1. The van der Waals surface area contributed by atoms with E-state index < -0.39 is 11.8 Å². The van der Waals surface area contributed by atoms with Crippen LogP contribution in [-0.2, 0) is 0 Å². The normalized spacial score (nSPS) is 12.0. The van der Waals surface area contributed by atoms with Crippen molar-refractivity contribution in [3.05, 3.63) is 66.0 Å². The number of hydrogen-bond donors (Lipinski definition) is 2. The van der Waals surface area contributed by atoms with Crippen molar-refractivity contribution < 1.29 is 9.18 Å². The quantitative estimate of drug-likeness (QED) is 0.890. The van der Waals surface area contributed by atoms with Gasteiger partial charge in [-0.1, -0.05) is 42.5 Å². The molecule has 2 N–H and O–H groups in total. The van der Waals surface area contributed by atoms with Crippen LogP contribution < -0.4 is 10.6 Å². The minimum atomic E-state index is -0.457. The first-order valence-electron chi connectivity index (χ1n) is 7.08. The van der Waals surface area contributed by atoms with Gasteiger partial charge in [0, 0.05) is 6.54 Å². The number of carbonyl (C=O) groups is 1. The third-order valence-corrected chi connectivity index (χ3v) is 3.18. The number of urea groups is 1. The zero-order valence-corrected chi connectivity index (χ0v) is 12.7. The first kappa shape index (κ1) is 16.0. The van der Waals surface area contributed by atoms with E-state index in [1.165, 1.54) is 12.1 Å². The standard InChI is InChI=1S/C17H20FN3O/c1-21(2)12-16(13-8-4-3-5-9-13)20-17(22)19-15-11-7-6-10-14(15)18/h3-11,16H,12H2,1-2H3,(H2,19,20,22). The Kier molecular flexibility index (Phi) is 5.49. The number of amides is 2. The Bertz CT molecular complexity index is 616. The molecule has 4 nitrogen and oxygen atoms in total. The zero-order valence-electron chi connectivity index (χ0n) is 12.7. The van der Waals surface area contributed by atoms with Crippen LogP contribution >= 0.6 is 0 Å². The third kappa shape index (κ3) is 4.56. The zero-order chi connectivity index (χ0) is 15.9. The highest BCUT2D eigenvalue weighted by Gasteiger charge is 2.16. The molecule has 0 saturated carbocycles. The van der Waals surface area contributed by atoms with Gasteiger partial charge in [-0.2, -0.15) is 0 Å². The maximum Gasteiger partial charge on any atom is 0.319 e. The smallest absolute Gasteiger partial charge is 0.319 e. The van der Waals surface area contributed by atoms with Gasteiger partial charge in [0.15, 0.2) is 0 Å². The molecule has 0 spiro atoms. The lowest BCUT2D eigenvalue weighted by atomic mass is 10.1. The molecule has 0 aliphatic heterocycles. The number of hydrogen-bond acceptors (Lipinski definition) is 2. The maximum absolute atomic E-state index is 13.6. The van der Waals surface area contributed by atoms with Crippen LogP contribution in [0.2, 0.25) is 0 Å². The summed E-state index contributed by atoms with van der Waals surface area (Å²) in [6.45, 7) is 0.648. The summed E-state index contributed by atoms with van der Waals surface area (Å²) in [5, 5.41) is 5.42. The molecule has 0 radical (unpaired) electrons. The van der Waals surface area contributed by atoms with Crippen molar-refractivity contribution in [2.75, 3.05) is 26.0 Å². The lowest BCUT2D eigenvalue weighted by Crippen LogP contribution is -2.37. The second kappa shape index (κ2) is 7.56. The summed E-state index contributed by atoms with van der Waals surface area (Å²) in [6.07, 6.45) is 0. The lowest BCUT2D eigenvalue weighted by Gasteiger charge is -2.23. The van der Waals surface area contributed by atoms with Gasteiger partial charge in [0.05, 0.1) is 11.7 Å². The molecular formula is C17H20FN3O. The van der Waals surface area contributed by atoms with Crippen molar-refractivity contribution in [3.8, 4) is 0 Å². The van der Waals surface area contributed by atoms with Crippen molar-refractivity contribution in [1.82, 2.24) is 10.2 Å². The van der Waals surface area contributed by atoms with Gasteiger partial charge in [-0.15, -0.1) is 0 Å². The predicted molar refractivity (Wildman–Crippen MR) is 86.3 cm³/mol. The highest BCUT2D eigenvalue weighted by Crippen LogP contribution is 2.15. The number of nitrogens with one attached hydrogen (secondary N) is 2. The van der Waals surface area contributed by atoms with Gasteiger partial charge in [-0.25, -0.2) is 9.18 Å². The first-order chi connectivity index (χ1) is 10.6. The molecule has 0 saturated heterocycles. The predicted octanol–water partition coefficient (Wildman–Crippen LogP) is 3.25. The average Bonchev–Trinajstić information content (AvgIpc) is 2.49. The molecule has 1 atom stereocenters. The molecule has 22 heavy (non-hydrogen) atoms. The van der Waals surface area contributed by atoms with Gasteiger partial charge in [0.25, 0.3) is 0 Å². The van der Waals surface area contributed by atoms with Crippen LogP contribution in [0.3, 0.4) is 0 Å². The Morgan fingerprint density at radius 3 is 2.36 bits per heavy atom. The summed E-state index contributed by atoms with van der Waals surface area (Å²) in [6, 6.07) is 15.2. The minimum absolute atomic E-state index is 0.164. The van der Waals surface area contributed by atoms with Crippen molar-refractivity contribution in [1.29, 1.82) is 0 Å². The van der Waals surface area contributed by atoms with E-state index >= 15 is 0 Å². The fourth-order valence-corrected chi connectivity index (χ4v) is 2.16. The first-order valence-corrected chi connectivity index (χ1v) is 7.08. The number of benzene rings is 2. The maximum atomic E-state index is 13.6. The summed E-state index contributed by atoms with van der Waals surface area (Å²) in [4.78, 5) is 14.1. The Hall–Kier alpha value is -2.40. The Balaban J connectivity index is 2.07. The topological polar surface area (TPSA) is 44.4 Å². The van der Waals surface area contributed by atoms with Crippen molar-refractivity contribution in [3.63, 3.8) is 0 Å².